The summed E-state index contributed by atoms with van der Waals surface area (Å²) in [6.45, 7) is 2.85. The van der Waals surface area contributed by atoms with Crippen LogP contribution in [0.4, 0.5) is 0 Å². The first kappa shape index (κ1) is 12.7. The molecule has 4 nitrogen and oxygen atoms in total. The molecule has 3 N–H and O–H groups in total. The Kier molecular flexibility index (Phi) is 5.53. The summed E-state index contributed by atoms with van der Waals surface area (Å²) in [7, 11) is 0. The van der Waals surface area contributed by atoms with E-state index in [1.165, 1.54) is 0 Å². The fraction of sp³-hybridized carbons (Fsp3) is 0.417. The van der Waals surface area contributed by atoms with E-state index in [1.807, 2.05) is 37.3 Å². The van der Waals surface area contributed by atoms with Crippen LogP contribution >= 0.6 is 0 Å². The van der Waals surface area contributed by atoms with Crippen LogP contribution in [-0.2, 0) is 16.1 Å². The van der Waals surface area contributed by atoms with Crippen molar-refractivity contribution in [2.45, 2.75) is 19.6 Å². The fourth-order valence-electron chi connectivity index (χ4n) is 1.13. The first-order valence-corrected chi connectivity index (χ1v) is 5.34. The Morgan fingerprint density at radius 3 is 2.75 bits per heavy atom. The van der Waals surface area contributed by atoms with E-state index in [0.29, 0.717) is 13.1 Å². The normalized spacial score (nSPS) is 12.1. The lowest BCUT2D eigenvalue weighted by atomic mass is 10.2. The van der Waals surface area contributed by atoms with E-state index in [1.54, 1.807) is 0 Å². The Balaban J connectivity index is 2.20. The third-order valence-electron chi connectivity index (χ3n) is 2.16. The Hall–Kier alpha value is -1.39. The van der Waals surface area contributed by atoms with Crippen LogP contribution in [-0.4, -0.2) is 25.2 Å². The Labute approximate surface area is 95.8 Å². The summed E-state index contributed by atoms with van der Waals surface area (Å²) in [6, 6.07) is 9.74. The molecule has 0 heterocycles. The zero-order chi connectivity index (χ0) is 11.8. The van der Waals surface area contributed by atoms with Gasteiger partial charge in [-0.2, -0.15) is 0 Å². The lowest BCUT2D eigenvalue weighted by Gasteiger charge is -2.10. The highest BCUT2D eigenvalue weighted by atomic mass is 16.5. The highest BCUT2D eigenvalue weighted by Gasteiger charge is 2.04. The number of hydrogen-bond acceptors (Lipinski definition) is 3. The molecule has 1 atom stereocenters. The van der Waals surface area contributed by atoms with Gasteiger partial charge in [0.05, 0.1) is 6.10 Å². The molecule has 0 aliphatic rings. The van der Waals surface area contributed by atoms with Crippen molar-refractivity contribution >= 4 is 5.91 Å². The van der Waals surface area contributed by atoms with E-state index >= 15 is 0 Å². The fourth-order valence-corrected chi connectivity index (χ4v) is 1.13. The van der Waals surface area contributed by atoms with Gasteiger partial charge in [-0.1, -0.05) is 30.3 Å². The largest absolute Gasteiger partial charge is 0.367 e. The topological polar surface area (TPSA) is 64.3 Å². The van der Waals surface area contributed by atoms with Crippen molar-refractivity contribution in [2.75, 3.05) is 13.2 Å². The number of hydrogen-bond donors (Lipinski definition) is 2. The number of amides is 1. The molecular weight excluding hydrogens is 204 g/mol. The predicted molar refractivity (Wildman–Crippen MR) is 62.8 cm³/mol. The van der Waals surface area contributed by atoms with Gasteiger partial charge < -0.3 is 15.8 Å². The highest BCUT2D eigenvalue weighted by Crippen LogP contribution is 1.97. The SMILES string of the molecule is CC(CN)OCC(=O)NCc1ccccc1. The Morgan fingerprint density at radius 2 is 2.12 bits per heavy atom. The van der Waals surface area contributed by atoms with Gasteiger partial charge in [0.25, 0.3) is 0 Å². The molecule has 1 rings (SSSR count). The average Bonchev–Trinajstić information content (AvgIpc) is 2.34. The second kappa shape index (κ2) is 6.98. The van der Waals surface area contributed by atoms with Crippen LogP contribution in [0.15, 0.2) is 30.3 Å². The van der Waals surface area contributed by atoms with Crippen LogP contribution < -0.4 is 11.1 Å². The van der Waals surface area contributed by atoms with Crippen molar-refractivity contribution in [3.8, 4) is 0 Å². The first-order chi connectivity index (χ1) is 7.72. The maximum Gasteiger partial charge on any atom is 0.246 e. The molecule has 1 aromatic rings. The second-order valence-corrected chi connectivity index (χ2v) is 3.62. The number of carbonyl (C=O) groups is 1. The van der Waals surface area contributed by atoms with Crippen molar-refractivity contribution in [1.29, 1.82) is 0 Å². The van der Waals surface area contributed by atoms with Crippen molar-refractivity contribution in [3.63, 3.8) is 0 Å². The summed E-state index contributed by atoms with van der Waals surface area (Å²) in [4.78, 5) is 11.4. The Bertz CT molecular complexity index is 314. The average molecular weight is 222 g/mol. The lowest BCUT2D eigenvalue weighted by Crippen LogP contribution is -2.30. The molecule has 0 aliphatic heterocycles. The van der Waals surface area contributed by atoms with Gasteiger partial charge in [0, 0.05) is 13.1 Å². The molecule has 1 unspecified atom stereocenters. The van der Waals surface area contributed by atoms with Crippen LogP contribution in [0.3, 0.4) is 0 Å². The first-order valence-electron chi connectivity index (χ1n) is 5.34. The summed E-state index contributed by atoms with van der Waals surface area (Å²) in [5, 5.41) is 2.77. The van der Waals surface area contributed by atoms with Gasteiger partial charge >= 0.3 is 0 Å². The molecule has 16 heavy (non-hydrogen) atoms. The Morgan fingerprint density at radius 1 is 1.44 bits per heavy atom. The van der Waals surface area contributed by atoms with Gasteiger partial charge in [-0.3, -0.25) is 4.79 Å². The van der Waals surface area contributed by atoms with Gasteiger partial charge in [-0.15, -0.1) is 0 Å². The molecule has 0 aliphatic carbocycles. The van der Waals surface area contributed by atoms with Crippen molar-refractivity contribution in [1.82, 2.24) is 5.32 Å². The van der Waals surface area contributed by atoms with Crippen LogP contribution in [0, 0.1) is 0 Å². The smallest absolute Gasteiger partial charge is 0.246 e. The van der Waals surface area contributed by atoms with Crippen LogP contribution in [0.25, 0.3) is 0 Å². The predicted octanol–water partition coefficient (Wildman–Crippen LogP) is 0.667. The van der Waals surface area contributed by atoms with Gasteiger partial charge in [0.2, 0.25) is 5.91 Å². The number of ether oxygens (including phenoxy) is 1. The number of nitrogens with one attached hydrogen (secondary N) is 1. The summed E-state index contributed by atoms with van der Waals surface area (Å²) in [5.74, 6) is -0.121. The van der Waals surface area contributed by atoms with Crippen LogP contribution in [0.5, 0.6) is 0 Å². The summed E-state index contributed by atoms with van der Waals surface area (Å²) >= 11 is 0. The van der Waals surface area contributed by atoms with E-state index in [-0.39, 0.29) is 18.6 Å². The van der Waals surface area contributed by atoms with Gasteiger partial charge in [-0.25, -0.2) is 0 Å². The zero-order valence-electron chi connectivity index (χ0n) is 9.48. The van der Waals surface area contributed by atoms with E-state index in [9.17, 15) is 4.79 Å². The zero-order valence-corrected chi connectivity index (χ0v) is 9.48. The molecule has 0 fully saturated rings. The molecule has 0 radical (unpaired) electrons. The molecule has 1 aromatic carbocycles. The molecule has 88 valence electrons. The van der Waals surface area contributed by atoms with Crippen molar-refractivity contribution < 1.29 is 9.53 Å². The molecule has 0 saturated heterocycles. The minimum absolute atomic E-state index is 0.0607. The van der Waals surface area contributed by atoms with E-state index in [2.05, 4.69) is 5.32 Å². The molecule has 0 aromatic heterocycles. The molecule has 4 heteroatoms. The summed E-state index contributed by atoms with van der Waals surface area (Å²) in [5.41, 5.74) is 6.44. The minimum Gasteiger partial charge on any atom is -0.367 e. The van der Waals surface area contributed by atoms with E-state index in [0.717, 1.165) is 5.56 Å². The molecular formula is C12H18N2O2. The third kappa shape index (κ3) is 4.91. The van der Waals surface area contributed by atoms with Crippen molar-refractivity contribution in [2.24, 2.45) is 5.73 Å². The maximum atomic E-state index is 11.4. The third-order valence-corrected chi connectivity index (χ3v) is 2.16. The molecule has 0 saturated carbocycles. The van der Waals surface area contributed by atoms with E-state index < -0.39 is 0 Å². The number of carbonyl (C=O) groups excluding carboxylic acids is 1. The highest BCUT2D eigenvalue weighted by molar-refractivity contribution is 5.77. The van der Waals surface area contributed by atoms with Crippen molar-refractivity contribution in [3.05, 3.63) is 35.9 Å². The summed E-state index contributed by atoms with van der Waals surface area (Å²) in [6.07, 6.45) is -0.0810. The van der Waals surface area contributed by atoms with Gasteiger partial charge in [0.1, 0.15) is 6.61 Å². The quantitative estimate of drug-likeness (QED) is 0.743. The minimum atomic E-state index is -0.121. The molecule has 1 amide bonds. The lowest BCUT2D eigenvalue weighted by molar-refractivity contribution is -0.127. The second-order valence-electron chi connectivity index (χ2n) is 3.62. The van der Waals surface area contributed by atoms with Crippen LogP contribution in [0.2, 0.25) is 0 Å². The van der Waals surface area contributed by atoms with Gasteiger partial charge in [-0.05, 0) is 12.5 Å². The maximum absolute atomic E-state index is 11.4. The monoisotopic (exact) mass is 222 g/mol. The number of rotatable bonds is 6. The van der Waals surface area contributed by atoms with E-state index in [4.69, 9.17) is 10.5 Å². The number of nitrogens with two attached hydrogens (primary N) is 1. The van der Waals surface area contributed by atoms with Gasteiger partial charge in [0.15, 0.2) is 0 Å². The summed E-state index contributed by atoms with van der Waals surface area (Å²) < 4.78 is 5.20. The molecule has 0 spiro atoms. The standard InChI is InChI=1S/C12H18N2O2/c1-10(7-13)16-9-12(15)14-8-11-5-3-2-4-6-11/h2-6,10H,7-9,13H2,1H3,(H,14,15). The number of benzene rings is 1. The molecule has 0 bridgehead atoms. The van der Waals surface area contributed by atoms with Crippen LogP contribution in [0.1, 0.15) is 12.5 Å².